The Morgan fingerprint density at radius 1 is 1.15 bits per heavy atom. The highest BCUT2D eigenvalue weighted by molar-refractivity contribution is 7.98. The highest BCUT2D eigenvalue weighted by Gasteiger charge is 2.35. The molecule has 184 valence electrons. The van der Waals surface area contributed by atoms with Crippen LogP contribution in [0.25, 0.3) is 0 Å². The Balaban J connectivity index is 2.26. The van der Waals surface area contributed by atoms with E-state index < -0.39 is 23.5 Å². The van der Waals surface area contributed by atoms with E-state index in [4.69, 9.17) is 14.7 Å². The van der Waals surface area contributed by atoms with Crippen LogP contribution in [0.4, 0.5) is 10.5 Å². The summed E-state index contributed by atoms with van der Waals surface area (Å²) in [5.74, 6) is -0.0952. The van der Waals surface area contributed by atoms with Crippen molar-refractivity contribution >= 4 is 29.4 Å². The first kappa shape index (κ1) is 27.2. The van der Waals surface area contributed by atoms with Crippen molar-refractivity contribution in [3.8, 4) is 5.75 Å². The van der Waals surface area contributed by atoms with Crippen LogP contribution in [0.2, 0.25) is 0 Å². The number of ether oxygens (including phenoxy) is 2. The number of thioether (sulfide) groups is 1. The van der Waals surface area contributed by atoms with Gasteiger partial charge in [0.15, 0.2) is 0 Å². The molecular weight excluding hydrogens is 456 g/mol. The lowest BCUT2D eigenvalue weighted by Gasteiger charge is -2.35. The second-order valence-corrected chi connectivity index (χ2v) is 9.03. The highest BCUT2D eigenvalue weighted by Crippen LogP contribution is 2.44. The summed E-state index contributed by atoms with van der Waals surface area (Å²) in [5.41, 5.74) is 2.28. The summed E-state index contributed by atoms with van der Waals surface area (Å²) >= 11 is 1.61. The van der Waals surface area contributed by atoms with Crippen molar-refractivity contribution in [1.29, 1.82) is 0 Å². The van der Waals surface area contributed by atoms with E-state index in [0.29, 0.717) is 29.8 Å². The Labute approximate surface area is 204 Å². The summed E-state index contributed by atoms with van der Waals surface area (Å²) in [7, 11) is 0. The predicted molar refractivity (Wildman–Crippen MR) is 132 cm³/mol. The standard InChI is InChI=1S/C25H32N2O6S/c1-25(2,15-7-6-10-22(29)27-31)23(20-8-4-5-9-21(20)32-17-16-28)33-24(30)26-18-11-13-19(34-3)14-12-18/h4-6,8-14,23,28,31H,7,15-17H2,1-3H3,(H,26,30)(H,27,29)/b10-6+/t23-/m0/s1. The van der Waals surface area contributed by atoms with E-state index in [9.17, 15) is 14.7 Å². The molecule has 0 aliphatic carbocycles. The molecule has 34 heavy (non-hydrogen) atoms. The number of hydroxylamine groups is 1. The number of hydrogen-bond donors (Lipinski definition) is 4. The smallest absolute Gasteiger partial charge is 0.412 e. The Bertz CT molecular complexity index is 962. The molecule has 0 aromatic heterocycles. The predicted octanol–water partition coefficient (Wildman–Crippen LogP) is 4.94. The van der Waals surface area contributed by atoms with Crippen LogP contribution < -0.4 is 15.5 Å². The molecule has 0 unspecified atom stereocenters. The van der Waals surface area contributed by atoms with Crippen LogP contribution in [0.1, 0.15) is 38.4 Å². The van der Waals surface area contributed by atoms with Gasteiger partial charge in [-0.15, -0.1) is 11.8 Å². The van der Waals surface area contributed by atoms with Gasteiger partial charge in [0.2, 0.25) is 0 Å². The van der Waals surface area contributed by atoms with Crippen molar-refractivity contribution in [1.82, 2.24) is 5.48 Å². The van der Waals surface area contributed by atoms with Gasteiger partial charge in [-0.1, -0.05) is 38.1 Å². The molecule has 0 spiro atoms. The molecule has 0 fully saturated rings. The summed E-state index contributed by atoms with van der Waals surface area (Å²) in [6.45, 7) is 3.88. The van der Waals surface area contributed by atoms with Gasteiger partial charge in [0, 0.05) is 27.6 Å². The SMILES string of the molecule is CSc1ccc(NC(=O)O[C@@H](c2ccccc2OCCO)C(C)(C)CC/C=C/C(=O)NO)cc1. The summed E-state index contributed by atoms with van der Waals surface area (Å²) in [4.78, 5) is 25.2. The summed E-state index contributed by atoms with van der Waals surface area (Å²) < 4.78 is 11.6. The minimum absolute atomic E-state index is 0.108. The maximum atomic E-state index is 12.9. The van der Waals surface area contributed by atoms with E-state index in [-0.39, 0.29) is 13.2 Å². The molecule has 0 radical (unpaired) electrons. The van der Waals surface area contributed by atoms with E-state index in [1.54, 1.807) is 29.4 Å². The van der Waals surface area contributed by atoms with Crippen LogP contribution in [-0.4, -0.2) is 41.8 Å². The summed E-state index contributed by atoms with van der Waals surface area (Å²) in [5, 5.41) is 20.6. The van der Waals surface area contributed by atoms with Gasteiger partial charge in [0.1, 0.15) is 18.5 Å². The first-order valence-electron chi connectivity index (χ1n) is 10.9. The second kappa shape index (κ2) is 13.6. The number of benzene rings is 2. The van der Waals surface area contributed by atoms with Gasteiger partial charge >= 0.3 is 6.09 Å². The molecule has 2 aromatic rings. The van der Waals surface area contributed by atoms with Crippen molar-refractivity contribution in [2.75, 3.05) is 24.8 Å². The van der Waals surface area contributed by atoms with Gasteiger partial charge < -0.3 is 14.6 Å². The first-order valence-corrected chi connectivity index (χ1v) is 12.1. The van der Waals surface area contributed by atoms with Crippen molar-refractivity contribution in [3.63, 3.8) is 0 Å². The van der Waals surface area contributed by atoms with Gasteiger partial charge in [-0.25, -0.2) is 10.3 Å². The number of allylic oxidation sites excluding steroid dienone is 1. The maximum absolute atomic E-state index is 12.9. The Hall–Kier alpha value is -3.01. The van der Waals surface area contributed by atoms with E-state index in [1.165, 1.54) is 6.08 Å². The van der Waals surface area contributed by atoms with Crippen LogP contribution in [0.5, 0.6) is 5.75 Å². The minimum atomic E-state index is -0.687. The van der Waals surface area contributed by atoms with Crippen molar-refractivity contribution < 1.29 is 29.4 Å². The molecule has 8 nitrogen and oxygen atoms in total. The fourth-order valence-electron chi connectivity index (χ4n) is 3.37. The minimum Gasteiger partial charge on any atom is -0.491 e. The molecule has 0 heterocycles. The Morgan fingerprint density at radius 2 is 1.85 bits per heavy atom. The largest absolute Gasteiger partial charge is 0.491 e. The molecule has 0 aliphatic heterocycles. The Morgan fingerprint density at radius 3 is 2.50 bits per heavy atom. The van der Waals surface area contributed by atoms with E-state index in [0.717, 1.165) is 4.90 Å². The van der Waals surface area contributed by atoms with Crippen LogP contribution in [-0.2, 0) is 9.53 Å². The lowest BCUT2D eigenvalue weighted by Crippen LogP contribution is -2.29. The molecule has 0 bridgehead atoms. The fraction of sp³-hybridized carbons (Fsp3) is 0.360. The van der Waals surface area contributed by atoms with Crippen LogP contribution in [0.15, 0.2) is 65.6 Å². The zero-order chi connectivity index (χ0) is 25.0. The number of hydrogen-bond acceptors (Lipinski definition) is 7. The fourth-order valence-corrected chi connectivity index (χ4v) is 3.78. The van der Waals surface area contributed by atoms with Gasteiger partial charge in [-0.3, -0.25) is 15.3 Å². The summed E-state index contributed by atoms with van der Waals surface area (Å²) in [6, 6.07) is 14.7. The lowest BCUT2D eigenvalue weighted by atomic mass is 9.78. The van der Waals surface area contributed by atoms with Crippen LogP contribution in [0.3, 0.4) is 0 Å². The van der Waals surface area contributed by atoms with Gasteiger partial charge in [-0.05, 0) is 49.4 Å². The van der Waals surface area contributed by atoms with Crippen LogP contribution >= 0.6 is 11.8 Å². The van der Waals surface area contributed by atoms with E-state index in [2.05, 4.69) is 5.32 Å². The van der Waals surface area contributed by atoms with E-state index >= 15 is 0 Å². The van der Waals surface area contributed by atoms with Crippen molar-refractivity contribution in [3.05, 3.63) is 66.2 Å². The van der Waals surface area contributed by atoms with Crippen molar-refractivity contribution in [2.24, 2.45) is 5.41 Å². The number of nitrogens with one attached hydrogen (secondary N) is 2. The Kier molecular flexibility index (Phi) is 10.9. The third kappa shape index (κ3) is 8.40. The average molecular weight is 489 g/mol. The molecule has 9 heteroatoms. The number of aliphatic hydroxyl groups excluding tert-OH is 1. The topological polar surface area (TPSA) is 117 Å². The molecule has 0 saturated carbocycles. The number of rotatable bonds is 12. The molecule has 1 atom stereocenters. The third-order valence-corrected chi connectivity index (χ3v) is 5.90. The highest BCUT2D eigenvalue weighted by atomic mass is 32.2. The number of para-hydroxylation sites is 1. The zero-order valence-electron chi connectivity index (χ0n) is 19.6. The molecule has 0 saturated heterocycles. The van der Waals surface area contributed by atoms with Gasteiger partial charge in [-0.2, -0.15) is 0 Å². The molecule has 2 amide bonds. The number of aliphatic hydroxyl groups is 1. The molecule has 2 rings (SSSR count). The number of carbonyl (C=O) groups excluding carboxylic acids is 2. The monoisotopic (exact) mass is 488 g/mol. The second-order valence-electron chi connectivity index (χ2n) is 8.15. The number of amides is 2. The van der Waals surface area contributed by atoms with Gasteiger partial charge in [0.05, 0.1) is 6.61 Å². The maximum Gasteiger partial charge on any atom is 0.412 e. The first-order chi connectivity index (χ1) is 16.3. The third-order valence-electron chi connectivity index (χ3n) is 5.16. The summed E-state index contributed by atoms with van der Waals surface area (Å²) in [6.07, 6.45) is 4.65. The lowest BCUT2D eigenvalue weighted by molar-refractivity contribution is -0.124. The van der Waals surface area contributed by atoms with E-state index in [1.807, 2.05) is 62.6 Å². The number of carbonyl (C=O) groups is 2. The van der Waals surface area contributed by atoms with Crippen molar-refractivity contribution in [2.45, 2.75) is 37.7 Å². The number of anilines is 1. The molecule has 0 aliphatic rings. The molecular formula is C25H32N2O6S. The molecule has 2 aromatic carbocycles. The molecule has 4 N–H and O–H groups in total. The normalized spacial score (nSPS) is 12.3. The average Bonchev–Trinajstić information content (AvgIpc) is 2.84. The van der Waals surface area contributed by atoms with Crippen LogP contribution in [0, 0.1) is 5.41 Å². The quantitative estimate of drug-likeness (QED) is 0.145. The van der Waals surface area contributed by atoms with Gasteiger partial charge in [0.25, 0.3) is 5.91 Å². The zero-order valence-corrected chi connectivity index (χ0v) is 20.4.